The molecule has 3 aliphatic rings. The van der Waals surface area contributed by atoms with Crippen molar-refractivity contribution in [2.45, 2.75) is 37.5 Å². The summed E-state index contributed by atoms with van der Waals surface area (Å²) in [5, 5.41) is 0. The zero-order valence-corrected chi connectivity index (χ0v) is 17.3. The Morgan fingerprint density at radius 1 is 0.812 bits per heavy atom. The summed E-state index contributed by atoms with van der Waals surface area (Å²) in [6, 6.07) is 6.47. The van der Waals surface area contributed by atoms with Gasteiger partial charge >= 0.3 is 0 Å². The van der Waals surface area contributed by atoms with Crippen LogP contribution in [0.1, 0.15) is 58.4 Å². The van der Waals surface area contributed by atoms with Gasteiger partial charge in [0.2, 0.25) is 0 Å². The summed E-state index contributed by atoms with van der Waals surface area (Å²) in [6.07, 6.45) is 5.98. The number of rotatable bonds is 1. The fourth-order valence-corrected chi connectivity index (χ4v) is 5.46. The van der Waals surface area contributed by atoms with Gasteiger partial charge in [-0.1, -0.05) is 43.5 Å². The molecule has 1 heterocycles. The van der Waals surface area contributed by atoms with Crippen LogP contribution in [0.3, 0.4) is 0 Å². The molecule has 1 spiro atoms. The molecule has 0 saturated heterocycles. The lowest BCUT2D eigenvalue weighted by Gasteiger charge is -2.36. The number of carbonyl (C=O) groups is 2. The van der Waals surface area contributed by atoms with E-state index < -0.39 is 40.3 Å². The zero-order valence-electron chi connectivity index (χ0n) is 17.3. The molecule has 164 valence electrons. The fourth-order valence-electron chi connectivity index (χ4n) is 5.46. The number of hydrogen-bond donors (Lipinski definition) is 0. The van der Waals surface area contributed by atoms with Gasteiger partial charge in [-0.2, -0.15) is 0 Å². The Balaban J connectivity index is 1.69. The molecule has 32 heavy (non-hydrogen) atoms. The van der Waals surface area contributed by atoms with Crippen LogP contribution in [-0.2, 0) is 5.41 Å². The summed E-state index contributed by atoms with van der Waals surface area (Å²) in [6.45, 7) is 0. The highest BCUT2D eigenvalue weighted by Crippen LogP contribution is 2.57. The Labute approximate surface area is 182 Å². The van der Waals surface area contributed by atoms with Crippen molar-refractivity contribution in [3.8, 4) is 0 Å². The second-order valence-corrected chi connectivity index (χ2v) is 8.52. The molecule has 2 aliphatic carbocycles. The van der Waals surface area contributed by atoms with Crippen LogP contribution < -0.4 is 4.90 Å². The molecule has 2 aromatic carbocycles. The van der Waals surface area contributed by atoms with Gasteiger partial charge in [-0.05, 0) is 25.0 Å². The molecule has 0 N–H and O–H groups in total. The minimum Gasteiger partial charge on any atom is -0.344 e. The number of carbonyl (C=O) groups excluding carboxylic acids is 2. The first-order chi connectivity index (χ1) is 15.3. The Morgan fingerprint density at radius 3 is 1.97 bits per heavy atom. The second-order valence-electron chi connectivity index (χ2n) is 8.52. The van der Waals surface area contributed by atoms with Crippen LogP contribution in [0.4, 0.5) is 23.2 Å². The van der Waals surface area contributed by atoms with Crippen molar-refractivity contribution in [1.29, 1.82) is 0 Å². The maximum Gasteiger partial charge on any atom is 0.199 e. The second kappa shape index (κ2) is 7.15. The third-order valence-corrected chi connectivity index (χ3v) is 6.93. The normalized spacial score (nSPS) is 20.3. The lowest BCUT2D eigenvalue weighted by atomic mass is 9.68. The summed E-state index contributed by atoms with van der Waals surface area (Å²) < 4.78 is 58.0. The first kappa shape index (κ1) is 20.7. The lowest BCUT2D eigenvalue weighted by molar-refractivity contribution is 0.0988. The summed E-state index contributed by atoms with van der Waals surface area (Å²) in [5.41, 5.74) is -0.603. The maximum atomic E-state index is 15.0. The van der Waals surface area contributed by atoms with E-state index in [0.29, 0.717) is 42.5 Å². The average molecular weight is 441 g/mol. The molecular formula is C25H19F4NO2. The molecule has 0 atom stereocenters. The summed E-state index contributed by atoms with van der Waals surface area (Å²) in [7, 11) is 1.46. The van der Waals surface area contributed by atoms with E-state index in [1.807, 2.05) is 0 Å². The maximum absolute atomic E-state index is 15.0. The molecule has 0 unspecified atom stereocenters. The number of allylic oxidation sites excluding steroid dienone is 4. The van der Waals surface area contributed by atoms with Crippen LogP contribution in [0.5, 0.6) is 0 Å². The molecule has 1 saturated carbocycles. The van der Waals surface area contributed by atoms with E-state index in [-0.39, 0.29) is 16.8 Å². The number of hydrogen-bond acceptors (Lipinski definition) is 3. The lowest BCUT2D eigenvalue weighted by Crippen LogP contribution is -2.32. The molecule has 0 bridgehead atoms. The van der Waals surface area contributed by atoms with Crippen LogP contribution in [-0.4, -0.2) is 18.6 Å². The number of Topliss-reactive ketones (excluding diaryl/α,β-unsaturated/α-hetero) is 2. The first-order valence-corrected chi connectivity index (χ1v) is 10.5. The Kier molecular flexibility index (Phi) is 4.62. The number of likely N-dealkylation sites (N-methyl/N-ethyl adjacent to an activating group) is 1. The van der Waals surface area contributed by atoms with Crippen molar-refractivity contribution >= 4 is 17.3 Å². The first-order valence-electron chi connectivity index (χ1n) is 10.5. The number of fused-ring (bicyclic) bond motifs is 3. The zero-order chi connectivity index (χ0) is 22.8. The molecule has 7 heteroatoms. The predicted octanol–water partition coefficient (Wildman–Crippen LogP) is 5.78. The third-order valence-electron chi connectivity index (χ3n) is 6.93. The highest BCUT2D eigenvalue weighted by atomic mass is 19.2. The van der Waals surface area contributed by atoms with Gasteiger partial charge in [0.25, 0.3) is 0 Å². The van der Waals surface area contributed by atoms with Gasteiger partial charge in [-0.25, -0.2) is 17.6 Å². The molecule has 3 nitrogen and oxygen atoms in total. The van der Waals surface area contributed by atoms with Crippen LogP contribution in [0.2, 0.25) is 0 Å². The van der Waals surface area contributed by atoms with E-state index in [0.717, 1.165) is 6.42 Å². The van der Waals surface area contributed by atoms with Crippen molar-refractivity contribution < 1.29 is 27.2 Å². The van der Waals surface area contributed by atoms with E-state index in [9.17, 15) is 22.8 Å². The van der Waals surface area contributed by atoms with Gasteiger partial charge in [0.1, 0.15) is 0 Å². The van der Waals surface area contributed by atoms with Gasteiger partial charge < -0.3 is 4.90 Å². The standard InChI is InChI=1S/C25H19F4NO2/c1-30-16(10-9-15-23(31)13-7-3-4-8-14(13)24(15)32)25(11-5-2-6-12-25)17-18(26)19(27)20(28)21(29)22(17)30/h3-4,7-10H,2,5-6,11-12H2,1H3/b16-10+. The number of halogens is 4. The van der Waals surface area contributed by atoms with Gasteiger partial charge in [-0.3, -0.25) is 9.59 Å². The minimum absolute atomic E-state index is 0.0488. The Morgan fingerprint density at radius 2 is 1.38 bits per heavy atom. The molecule has 0 aromatic heterocycles. The largest absolute Gasteiger partial charge is 0.344 e. The number of ketones is 2. The summed E-state index contributed by atoms with van der Waals surface area (Å²) in [5.74, 6) is -7.35. The van der Waals surface area contributed by atoms with Crippen molar-refractivity contribution in [2.75, 3.05) is 11.9 Å². The fraction of sp³-hybridized carbons (Fsp3) is 0.280. The molecule has 0 amide bonds. The number of nitrogens with zero attached hydrogens (tertiary/aromatic N) is 1. The Hall–Kier alpha value is -3.22. The molecule has 2 aromatic rings. The average Bonchev–Trinajstić information content (AvgIpc) is 3.18. The van der Waals surface area contributed by atoms with Gasteiger partial charge in [-0.15, -0.1) is 0 Å². The highest BCUT2D eigenvalue weighted by molar-refractivity contribution is 6.39. The Bertz CT molecular complexity index is 1220. The van der Waals surface area contributed by atoms with Crippen LogP contribution in [0.25, 0.3) is 0 Å². The van der Waals surface area contributed by atoms with Crippen LogP contribution in [0, 0.1) is 23.3 Å². The molecule has 5 rings (SSSR count). The van der Waals surface area contributed by atoms with E-state index in [4.69, 9.17) is 0 Å². The van der Waals surface area contributed by atoms with Gasteiger partial charge in [0, 0.05) is 34.9 Å². The van der Waals surface area contributed by atoms with E-state index >= 15 is 4.39 Å². The van der Waals surface area contributed by atoms with E-state index in [1.54, 1.807) is 24.3 Å². The predicted molar refractivity (Wildman–Crippen MR) is 111 cm³/mol. The third kappa shape index (κ3) is 2.60. The minimum atomic E-state index is -1.85. The summed E-state index contributed by atoms with van der Waals surface area (Å²) >= 11 is 0. The molecule has 1 fully saturated rings. The van der Waals surface area contributed by atoms with Crippen LogP contribution >= 0.6 is 0 Å². The van der Waals surface area contributed by atoms with Crippen LogP contribution in [0.15, 0.2) is 47.7 Å². The summed E-state index contributed by atoms with van der Waals surface area (Å²) in [4.78, 5) is 26.8. The smallest absolute Gasteiger partial charge is 0.199 e. The monoisotopic (exact) mass is 441 g/mol. The molecule has 1 aliphatic heterocycles. The number of anilines is 1. The number of benzene rings is 2. The van der Waals surface area contributed by atoms with Crippen molar-refractivity contribution in [1.82, 2.24) is 0 Å². The quantitative estimate of drug-likeness (QED) is 0.185. The topological polar surface area (TPSA) is 37.4 Å². The highest BCUT2D eigenvalue weighted by Gasteiger charge is 2.51. The van der Waals surface area contributed by atoms with Crippen molar-refractivity contribution in [2.24, 2.45) is 0 Å². The SMILES string of the molecule is CN1/C(=C/C=C2C(=O)c3ccccc3C2=O)C2(CCCCC2)c2c(F)c(F)c(F)c(F)c21. The van der Waals surface area contributed by atoms with Gasteiger partial charge in [0.05, 0.1) is 11.3 Å². The molecule has 0 radical (unpaired) electrons. The molecular weight excluding hydrogens is 422 g/mol. The van der Waals surface area contributed by atoms with Crippen molar-refractivity contribution in [3.05, 3.63) is 87.6 Å². The van der Waals surface area contributed by atoms with E-state index in [1.165, 1.54) is 24.1 Å². The van der Waals surface area contributed by atoms with E-state index in [2.05, 4.69) is 0 Å². The van der Waals surface area contributed by atoms with Crippen molar-refractivity contribution in [3.63, 3.8) is 0 Å². The van der Waals surface area contributed by atoms with Gasteiger partial charge in [0.15, 0.2) is 34.8 Å².